The van der Waals surface area contributed by atoms with Crippen LogP contribution in [0.15, 0.2) is 121 Å². The third-order valence-corrected chi connectivity index (χ3v) is 9.66. The molecule has 4 aromatic heterocycles. The molecule has 226 valence electrons. The first-order valence-corrected chi connectivity index (χ1v) is 16.3. The van der Waals surface area contributed by atoms with Crippen LogP contribution < -0.4 is 0 Å². The average molecular weight is 599 g/mol. The first-order chi connectivity index (χ1) is 22.1. The van der Waals surface area contributed by atoms with Crippen LogP contribution in [0, 0.1) is 0 Å². The second kappa shape index (κ2) is 9.17. The van der Waals surface area contributed by atoms with Crippen molar-refractivity contribution in [3.8, 4) is 11.4 Å². The van der Waals surface area contributed by atoms with Crippen molar-refractivity contribution in [2.75, 3.05) is 0 Å². The minimum Gasteiger partial charge on any atom is -0.321 e. The number of nitrogens with zero attached hydrogens (tertiary/aromatic N) is 4. The number of fused-ring (bicyclic) bond motifs is 10. The fourth-order valence-corrected chi connectivity index (χ4v) is 8.03. The van der Waals surface area contributed by atoms with E-state index in [1.165, 1.54) is 65.7 Å². The lowest BCUT2D eigenvalue weighted by atomic mass is 10.1. The first kappa shape index (κ1) is 27.1. The van der Waals surface area contributed by atoms with Gasteiger partial charge in [0.1, 0.15) is 11.3 Å². The van der Waals surface area contributed by atoms with Crippen molar-refractivity contribution in [2.45, 2.75) is 52.6 Å². The lowest BCUT2D eigenvalue weighted by molar-refractivity contribution is 0.419. The van der Waals surface area contributed by atoms with E-state index >= 15 is 0 Å². The standard InChI is InChI=1S/C42H38N4/c1-41(2,3)45-35-21-13-9-17-31(35)37-29-15-7-11-19-33(29)43(39(37)45)27-23-25-28(26-24-27)44-34-20-12-8-16-30(34)38-32-18-10-14-22-36(32)46(40(38)44)42(4,5)6/h7-26H,1-6H3. The number of rotatable bonds is 2. The molecule has 4 heteroatoms. The van der Waals surface area contributed by atoms with Crippen molar-refractivity contribution in [3.63, 3.8) is 0 Å². The van der Waals surface area contributed by atoms with Gasteiger partial charge in [-0.25, -0.2) is 0 Å². The Hall–Kier alpha value is -5.22. The van der Waals surface area contributed by atoms with E-state index < -0.39 is 0 Å². The molecule has 46 heavy (non-hydrogen) atoms. The van der Waals surface area contributed by atoms with E-state index in [1.54, 1.807) is 0 Å². The zero-order valence-corrected chi connectivity index (χ0v) is 27.3. The molecular formula is C42H38N4. The Labute approximate surface area is 268 Å². The molecule has 4 heterocycles. The Morgan fingerprint density at radius 3 is 0.957 bits per heavy atom. The highest BCUT2D eigenvalue weighted by molar-refractivity contribution is 6.23. The summed E-state index contributed by atoms with van der Waals surface area (Å²) in [5.74, 6) is 0. The van der Waals surface area contributed by atoms with Crippen LogP contribution in [0.2, 0.25) is 0 Å². The Bertz CT molecular complexity index is 2450. The summed E-state index contributed by atoms with van der Waals surface area (Å²) >= 11 is 0. The van der Waals surface area contributed by atoms with E-state index in [9.17, 15) is 0 Å². The van der Waals surface area contributed by atoms with Crippen LogP contribution in [-0.4, -0.2) is 18.3 Å². The van der Waals surface area contributed by atoms with Gasteiger partial charge >= 0.3 is 0 Å². The summed E-state index contributed by atoms with van der Waals surface area (Å²) in [7, 11) is 0. The second-order valence-corrected chi connectivity index (χ2v) is 14.7. The molecule has 0 atom stereocenters. The molecule has 0 N–H and O–H groups in total. The quantitative estimate of drug-likeness (QED) is 0.189. The maximum absolute atomic E-state index is 2.52. The topological polar surface area (TPSA) is 19.7 Å². The maximum Gasteiger partial charge on any atom is 0.127 e. The minimum absolute atomic E-state index is 0.108. The molecule has 0 aliphatic rings. The van der Waals surface area contributed by atoms with Crippen LogP contribution in [0.25, 0.3) is 77.1 Å². The van der Waals surface area contributed by atoms with E-state index in [2.05, 4.69) is 181 Å². The van der Waals surface area contributed by atoms with Crippen molar-refractivity contribution in [3.05, 3.63) is 121 Å². The number of hydrogen-bond donors (Lipinski definition) is 0. The van der Waals surface area contributed by atoms with E-state index in [0.717, 1.165) is 11.4 Å². The van der Waals surface area contributed by atoms with Crippen molar-refractivity contribution < 1.29 is 0 Å². The molecule has 0 fully saturated rings. The average Bonchev–Trinajstić information content (AvgIpc) is 3.75. The summed E-state index contributed by atoms with van der Waals surface area (Å²) in [4.78, 5) is 0. The summed E-state index contributed by atoms with van der Waals surface area (Å²) in [6, 6.07) is 44.6. The van der Waals surface area contributed by atoms with Gasteiger partial charge in [-0.05, 0) is 90.1 Å². The number of hydrogen-bond acceptors (Lipinski definition) is 0. The summed E-state index contributed by atoms with van der Waals surface area (Å²) < 4.78 is 9.98. The molecule has 0 amide bonds. The van der Waals surface area contributed by atoms with Crippen LogP contribution in [0.3, 0.4) is 0 Å². The summed E-state index contributed by atoms with van der Waals surface area (Å²) in [5, 5.41) is 7.81. The zero-order chi connectivity index (χ0) is 31.5. The van der Waals surface area contributed by atoms with Gasteiger partial charge in [0.15, 0.2) is 0 Å². The fourth-order valence-electron chi connectivity index (χ4n) is 8.03. The van der Waals surface area contributed by atoms with Gasteiger partial charge in [-0.15, -0.1) is 0 Å². The zero-order valence-electron chi connectivity index (χ0n) is 27.3. The monoisotopic (exact) mass is 598 g/mol. The van der Waals surface area contributed by atoms with Crippen LogP contribution in [-0.2, 0) is 11.1 Å². The molecule has 0 saturated carbocycles. The molecule has 9 rings (SSSR count). The van der Waals surface area contributed by atoms with Crippen molar-refractivity contribution in [2.24, 2.45) is 0 Å². The first-order valence-electron chi connectivity index (χ1n) is 16.3. The smallest absolute Gasteiger partial charge is 0.127 e. The molecule has 0 unspecified atom stereocenters. The number of aromatic nitrogens is 4. The van der Waals surface area contributed by atoms with Gasteiger partial charge in [0.2, 0.25) is 0 Å². The predicted octanol–water partition coefficient (Wildman–Crippen LogP) is 11.3. The molecule has 0 aliphatic heterocycles. The highest BCUT2D eigenvalue weighted by Gasteiger charge is 2.28. The highest BCUT2D eigenvalue weighted by atomic mass is 15.2. The van der Waals surface area contributed by atoms with Crippen LogP contribution in [0.4, 0.5) is 0 Å². The molecule has 0 bridgehead atoms. The van der Waals surface area contributed by atoms with E-state index in [1.807, 2.05) is 0 Å². The number of para-hydroxylation sites is 4. The van der Waals surface area contributed by atoms with Gasteiger partial charge in [0.25, 0.3) is 0 Å². The minimum atomic E-state index is -0.108. The predicted molar refractivity (Wildman–Crippen MR) is 196 cm³/mol. The van der Waals surface area contributed by atoms with Gasteiger partial charge in [-0.1, -0.05) is 72.8 Å². The normalized spacial score (nSPS) is 13.0. The number of benzene rings is 5. The van der Waals surface area contributed by atoms with E-state index in [4.69, 9.17) is 0 Å². The van der Waals surface area contributed by atoms with Crippen molar-refractivity contribution in [1.29, 1.82) is 0 Å². The van der Waals surface area contributed by atoms with Gasteiger partial charge in [0, 0.05) is 54.8 Å². The Morgan fingerprint density at radius 1 is 0.348 bits per heavy atom. The largest absolute Gasteiger partial charge is 0.321 e. The SMILES string of the molecule is CC(C)(C)n1c2ccccc2c2c3ccccc3n(-c3ccc(-n4c5ccccc5c5c6ccccc6n(C(C)(C)C)c54)cc3)c21. The summed E-state index contributed by atoms with van der Waals surface area (Å²) in [6.45, 7) is 13.8. The molecular weight excluding hydrogens is 560 g/mol. The van der Waals surface area contributed by atoms with Crippen LogP contribution >= 0.6 is 0 Å². The molecule has 0 saturated heterocycles. The van der Waals surface area contributed by atoms with Crippen LogP contribution in [0.5, 0.6) is 0 Å². The maximum atomic E-state index is 2.52. The molecule has 0 radical (unpaired) electrons. The molecule has 4 nitrogen and oxygen atoms in total. The van der Waals surface area contributed by atoms with Crippen LogP contribution in [0.1, 0.15) is 41.5 Å². The van der Waals surface area contributed by atoms with Crippen molar-refractivity contribution >= 4 is 65.7 Å². The third-order valence-electron chi connectivity index (χ3n) is 9.66. The second-order valence-electron chi connectivity index (χ2n) is 14.7. The van der Waals surface area contributed by atoms with Gasteiger partial charge < -0.3 is 9.13 Å². The Kier molecular flexibility index (Phi) is 5.41. The highest BCUT2D eigenvalue weighted by Crippen LogP contribution is 2.44. The molecule has 9 aromatic rings. The van der Waals surface area contributed by atoms with Gasteiger partial charge in [-0.3, -0.25) is 9.13 Å². The molecule has 0 spiro atoms. The Balaban J connectivity index is 1.35. The lowest BCUT2D eigenvalue weighted by Gasteiger charge is -2.25. The van der Waals surface area contributed by atoms with Gasteiger partial charge in [0.05, 0.1) is 22.1 Å². The summed E-state index contributed by atoms with van der Waals surface area (Å²) in [6.07, 6.45) is 0. The van der Waals surface area contributed by atoms with E-state index in [0.29, 0.717) is 0 Å². The molecule has 5 aromatic carbocycles. The third kappa shape index (κ3) is 3.56. The Morgan fingerprint density at radius 2 is 0.630 bits per heavy atom. The lowest BCUT2D eigenvalue weighted by Crippen LogP contribution is -2.22. The van der Waals surface area contributed by atoms with Gasteiger partial charge in [-0.2, -0.15) is 0 Å². The van der Waals surface area contributed by atoms with Crippen molar-refractivity contribution in [1.82, 2.24) is 18.3 Å². The molecule has 0 aliphatic carbocycles. The fraction of sp³-hybridized carbons (Fsp3) is 0.190. The summed E-state index contributed by atoms with van der Waals surface area (Å²) in [5.41, 5.74) is 9.58. The van der Waals surface area contributed by atoms with E-state index in [-0.39, 0.29) is 11.1 Å².